The number of hydrogen-bond acceptors (Lipinski definition) is 4. The van der Waals surface area contributed by atoms with E-state index in [1.54, 1.807) is 36.7 Å². The fourth-order valence-electron chi connectivity index (χ4n) is 2.17. The number of fused-ring (bicyclic) bond motifs is 1. The van der Waals surface area contributed by atoms with Gasteiger partial charge in [0.2, 0.25) is 0 Å². The number of hydrogen-bond donors (Lipinski definition) is 1. The summed E-state index contributed by atoms with van der Waals surface area (Å²) in [5.74, 6) is 0.112. The number of amides is 1. The van der Waals surface area contributed by atoms with Crippen molar-refractivity contribution in [2.45, 2.75) is 6.54 Å². The zero-order chi connectivity index (χ0) is 16.6. The van der Waals surface area contributed by atoms with Crippen LogP contribution in [0.15, 0.2) is 34.4 Å². The first kappa shape index (κ1) is 16.0. The van der Waals surface area contributed by atoms with Crippen LogP contribution in [0.4, 0.5) is 0 Å². The van der Waals surface area contributed by atoms with Gasteiger partial charge in [-0.1, -0.05) is 29.3 Å². The van der Waals surface area contributed by atoms with Gasteiger partial charge in [0.05, 0.1) is 27.7 Å². The molecular weight excluding hydrogens is 357 g/mol. The van der Waals surface area contributed by atoms with Gasteiger partial charge in [0.25, 0.3) is 11.5 Å². The molecule has 0 spiro atoms. The van der Waals surface area contributed by atoms with E-state index < -0.39 is 0 Å². The number of rotatable bonds is 3. The van der Waals surface area contributed by atoms with Crippen LogP contribution in [-0.2, 0) is 6.54 Å². The number of H-pyrrole nitrogens is 1. The Labute approximate surface area is 145 Å². The van der Waals surface area contributed by atoms with Crippen LogP contribution in [0, 0.1) is 0 Å². The lowest BCUT2D eigenvalue weighted by atomic mass is 10.2. The summed E-state index contributed by atoms with van der Waals surface area (Å²) in [6.45, 7) is 0.155. The number of nitrogens with zero attached hydrogens (tertiary/aromatic N) is 2. The zero-order valence-corrected chi connectivity index (χ0v) is 14.3. The maximum Gasteiger partial charge on any atom is 0.268 e. The number of carbonyl (C=O) groups excluding carboxylic acids is 1. The molecule has 118 valence electrons. The average Bonchev–Trinajstić information content (AvgIpc) is 2.98. The predicted molar refractivity (Wildman–Crippen MR) is 92.5 cm³/mol. The highest BCUT2D eigenvalue weighted by Crippen LogP contribution is 2.26. The predicted octanol–water partition coefficient (Wildman–Crippen LogP) is 3.56. The third-order valence-electron chi connectivity index (χ3n) is 3.28. The summed E-state index contributed by atoms with van der Waals surface area (Å²) in [5.41, 5.74) is 0.720. The van der Waals surface area contributed by atoms with Gasteiger partial charge in [-0.25, -0.2) is 4.98 Å². The van der Waals surface area contributed by atoms with Gasteiger partial charge in [-0.15, -0.1) is 11.3 Å². The summed E-state index contributed by atoms with van der Waals surface area (Å²) >= 11 is 13.3. The Morgan fingerprint density at radius 1 is 1.35 bits per heavy atom. The lowest BCUT2D eigenvalue weighted by Crippen LogP contribution is -2.28. The van der Waals surface area contributed by atoms with Crippen LogP contribution >= 0.6 is 34.5 Å². The fourth-order valence-corrected chi connectivity index (χ4v) is 3.27. The molecule has 0 saturated carbocycles. The van der Waals surface area contributed by atoms with Gasteiger partial charge in [0.15, 0.2) is 0 Å². The second-order valence-corrected chi connectivity index (χ2v) is 6.61. The Kier molecular flexibility index (Phi) is 4.39. The molecule has 0 unspecified atom stereocenters. The molecular formula is C15H11Cl2N3O2S. The third-order valence-corrected chi connectivity index (χ3v) is 5.00. The number of benzene rings is 1. The summed E-state index contributed by atoms with van der Waals surface area (Å²) < 4.78 is 0.570. The van der Waals surface area contributed by atoms with Gasteiger partial charge in [0, 0.05) is 7.05 Å². The largest absolute Gasteiger partial charge is 0.334 e. The van der Waals surface area contributed by atoms with Gasteiger partial charge in [-0.3, -0.25) is 9.59 Å². The van der Waals surface area contributed by atoms with Gasteiger partial charge < -0.3 is 9.88 Å². The van der Waals surface area contributed by atoms with E-state index in [9.17, 15) is 9.59 Å². The van der Waals surface area contributed by atoms with Crippen LogP contribution in [0.3, 0.4) is 0 Å². The highest BCUT2D eigenvalue weighted by Gasteiger charge is 2.18. The van der Waals surface area contributed by atoms with Gasteiger partial charge in [-0.2, -0.15) is 0 Å². The molecule has 1 amide bonds. The smallest absolute Gasteiger partial charge is 0.268 e. The highest BCUT2D eigenvalue weighted by atomic mass is 35.5. The fraction of sp³-hybridized carbons (Fsp3) is 0.133. The Bertz CT molecular complexity index is 951. The quantitative estimate of drug-likeness (QED) is 0.769. The molecule has 23 heavy (non-hydrogen) atoms. The maximum absolute atomic E-state index is 12.5. The van der Waals surface area contributed by atoms with Gasteiger partial charge in [0.1, 0.15) is 10.5 Å². The van der Waals surface area contributed by atoms with Crippen LogP contribution in [0.5, 0.6) is 0 Å². The SMILES string of the molecule is CN(Cc1nc2ccsc2c(=O)[nH]1)C(=O)c1cccc(Cl)c1Cl. The van der Waals surface area contributed by atoms with E-state index in [0.29, 0.717) is 26.6 Å². The van der Waals surface area contributed by atoms with Crippen molar-refractivity contribution in [3.63, 3.8) is 0 Å². The molecule has 2 heterocycles. The molecule has 5 nitrogen and oxygen atoms in total. The van der Waals surface area contributed by atoms with Crippen LogP contribution in [0.2, 0.25) is 10.0 Å². The number of carbonyl (C=O) groups is 1. The molecule has 0 radical (unpaired) electrons. The summed E-state index contributed by atoms with van der Waals surface area (Å²) in [6.07, 6.45) is 0. The number of thiophene rings is 1. The topological polar surface area (TPSA) is 66.1 Å². The van der Waals surface area contributed by atoms with E-state index in [1.807, 2.05) is 0 Å². The highest BCUT2D eigenvalue weighted by molar-refractivity contribution is 7.17. The summed E-state index contributed by atoms with van der Waals surface area (Å²) in [4.78, 5) is 32.9. The number of nitrogens with one attached hydrogen (secondary N) is 1. The number of aromatic amines is 1. The Hall–Kier alpha value is -1.89. The molecule has 1 aromatic carbocycles. The van der Waals surface area contributed by atoms with E-state index >= 15 is 0 Å². The van der Waals surface area contributed by atoms with Crippen molar-refractivity contribution in [3.8, 4) is 0 Å². The van der Waals surface area contributed by atoms with Crippen molar-refractivity contribution >= 4 is 50.7 Å². The van der Waals surface area contributed by atoms with Crippen molar-refractivity contribution in [3.05, 3.63) is 61.4 Å². The molecule has 1 N–H and O–H groups in total. The van der Waals surface area contributed by atoms with E-state index in [1.165, 1.54) is 16.2 Å². The number of halogens is 2. The molecule has 0 saturated heterocycles. The minimum atomic E-state index is -0.300. The standard InChI is InChI=1S/C15H11Cl2N3O2S/c1-20(15(22)8-3-2-4-9(16)12(8)17)7-11-18-10-5-6-23-13(10)14(21)19-11/h2-6H,7H2,1H3,(H,18,19,21). The summed E-state index contributed by atoms with van der Waals surface area (Å²) in [6, 6.07) is 6.65. The van der Waals surface area contributed by atoms with E-state index in [2.05, 4.69) is 9.97 Å². The van der Waals surface area contributed by atoms with E-state index in [0.717, 1.165) is 0 Å². The van der Waals surface area contributed by atoms with Crippen molar-refractivity contribution in [2.75, 3.05) is 7.05 Å². The minimum absolute atomic E-state index is 0.155. The average molecular weight is 368 g/mol. The van der Waals surface area contributed by atoms with E-state index in [-0.39, 0.29) is 23.0 Å². The lowest BCUT2D eigenvalue weighted by Gasteiger charge is -2.17. The number of aromatic nitrogens is 2. The molecule has 3 rings (SSSR count). The molecule has 0 atom stereocenters. The van der Waals surface area contributed by atoms with Crippen molar-refractivity contribution in [1.82, 2.24) is 14.9 Å². The first-order valence-corrected chi connectivity index (χ1v) is 8.27. The zero-order valence-electron chi connectivity index (χ0n) is 12.0. The molecule has 0 fully saturated rings. The Balaban J connectivity index is 1.88. The van der Waals surface area contributed by atoms with Crippen LogP contribution in [-0.4, -0.2) is 27.8 Å². The van der Waals surface area contributed by atoms with Crippen molar-refractivity contribution < 1.29 is 4.79 Å². The van der Waals surface area contributed by atoms with Crippen LogP contribution < -0.4 is 5.56 Å². The second kappa shape index (κ2) is 6.31. The summed E-state index contributed by atoms with van der Waals surface area (Å²) in [5, 5.41) is 2.33. The first-order valence-electron chi connectivity index (χ1n) is 6.63. The molecule has 0 bridgehead atoms. The molecule has 8 heteroatoms. The lowest BCUT2D eigenvalue weighted by molar-refractivity contribution is 0.0781. The molecule has 0 aliphatic rings. The van der Waals surface area contributed by atoms with Crippen LogP contribution in [0.1, 0.15) is 16.2 Å². The monoisotopic (exact) mass is 367 g/mol. The van der Waals surface area contributed by atoms with E-state index in [4.69, 9.17) is 23.2 Å². The molecule has 0 aliphatic heterocycles. The van der Waals surface area contributed by atoms with Crippen LogP contribution in [0.25, 0.3) is 10.2 Å². The third kappa shape index (κ3) is 3.10. The molecule has 3 aromatic rings. The Morgan fingerprint density at radius 3 is 2.91 bits per heavy atom. The second-order valence-electron chi connectivity index (χ2n) is 4.91. The van der Waals surface area contributed by atoms with Gasteiger partial charge >= 0.3 is 0 Å². The first-order chi connectivity index (χ1) is 11.0. The van der Waals surface area contributed by atoms with Crippen molar-refractivity contribution in [1.29, 1.82) is 0 Å². The molecule has 2 aromatic heterocycles. The maximum atomic E-state index is 12.5. The van der Waals surface area contributed by atoms with Gasteiger partial charge in [-0.05, 0) is 23.6 Å². The normalized spacial score (nSPS) is 10.9. The minimum Gasteiger partial charge on any atom is -0.334 e. The Morgan fingerprint density at radius 2 is 2.13 bits per heavy atom. The molecule has 0 aliphatic carbocycles. The van der Waals surface area contributed by atoms with Crippen molar-refractivity contribution in [2.24, 2.45) is 0 Å². The summed E-state index contributed by atoms with van der Waals surface area (Å²) in [7, 11) is 1.61.